The molecule has 5 nitrogen and oxygen atoms in total. The van der Waals surface area contributed by atoms with E-state index in [1.54, 1.807) is 12.4 Å². The van der Waals surface area contributed by atoms with Crippen molar-refractivity contribution < 1.29 is 4.39 Å². The maximum atomic E-state index is 13.3. The smallest absolute Gasteiger partial charge is 0.152 e. The molecular formula is C11H12FN5. The third kappa shape index (κ3) is 1.82. The molecule has 0 saturated heterocycles. The van der Waals surface area contributed by atoms with Gasteiger partial charge in [-0.3, -0.25) is 0 Å². The number of hydrogen-bond donors (Lipinski definition) is 1. The monoisotopic (exact) mass is 233 g/mol. The topological polar surface area (TPSA) is 60.0 Å². The molecule has 1 aliphatic rings. The zero-order chi connectivity index (χ0) is 11.8. The fraction of sp³-hybridized carbons (Fsp3) is 0.273. The van der Waals surface area contributed by atoms with Gasteiger partial charge in [0.15, 0.2) is 5.82 Å². The standard InChI is InChI=1S/C11H12FN5/c12-8-3-9(13)5-10(4-8)16-1-2-17-7-14-15-11(17)6-16/h3-5,7H,1-2,6,13H2. The summed E-state index contributed by atoms with van der Waals surface area (Å²) in [7, 11) is 0. The molecule has 0 fully saturated rings. The Kier molecular flexibility index (Phi) is 2.21. The number of nitrogens with zero attached hydrogens (tertiary/aromatic N) is 4. The number of anilines is 2. The number of aromatic nitrogens is 3. The summed E-state index contributed by atoms with van der Waals surface area (Å²) in [6.07, 6.45) is 1.71. The SMILES string of the molecule is Nc1cc(F)cc(N2CCn3cnnc3C2)c1. The first kappa shape index (κ1) is 10.1. The molecular weight excluding hydrogens is 221 g/mol. The van der Waals surface area contributed by atoms with Crippen LogP contribution in [-0.2, 0) is 13.1 Å². The van der Waals surface area contributed by atoms with E-state index in [4.69, 9.17) is 5.73 Å². The highest BCUT2D eigenvalue weighted by molar-refractivity contribution is 5.56. The molecule has 0 amide bonds. The number of nitrogens with two attached hydrogens (primary N) is 1. The van der Waals surface area contributed by atoms with Crippen LogP contribution in [0.25, 0.3) is 0 Å². The lowest BCUT2D eigenvalue weighted by molar-refractivity contribution is 0.557. The summed E-state index contributed by atoms with van der Waals surface area (Å²) in [5, 5.41) is 7.88. The van der Waals surface area contributed by atoms with Crippen molar-refractivity contribution >= 4 is 11.4 Å². The van der Waals surface area contributed by atoms with E-state index in [2.05, 4.69) is 10.2 Å². The Labute approximate surface area is 97.7 Å². The zero-order valence-corrected chi connectivity index (χ0v) is 9.17. The van der Waals surface area contributed by atoms with Crippen molar-refractivity contribution in [2.45, 2.75) is 13.1 Å². The molecule has 1 aromatic carbocycles. The summed E-state index contributed by atoms with van der Waals surface area (Å²) in [6.45, 7) is 2.23. The number of halogens is 1. The van der Waals surface area contributed by atoms with E-state index in [-0.39, 0.29) is 5.82 Å². The summed E-state index contributed by atoms with van der Waals surface area (Å²) in [5.74, 6) is 0.575. The third-order valence-corrected chi connectivity index (χ3v) is 2.91. The van der Waals surface area contributed by atoms with Crippen molar-refractivity contribution in [2.24, 2.45) is 0 Å². The molecule has 0 radical (unpaired) electrons. The molecule has 0 aliphatic carbocycles. The van der Waals surface area contributed by atoms with E-state index in [1.807, 2.05) is 9.47 Å². The normalized spacial score (nSPS) is 14.8. The molecule has 0 atom stereocenters. The van der Waals surface area contributed by atoms with Gasteiger partial charge in [-0.05, 0) is 18.2 Å². The first-order chi connectivity index (χ1) is 8.22. The van der Waals surface area contributed by atoms with Gasteiger partial charge >= 0.3 is 0 Å². The molecule has 0 bridgehead atoms. The average Bonchev–Trinajstić information content (AvgIpc) is 2.74. The number of fused-ring (bicyclic) bond motifs is 1. The van der Waals surface area contributed by atoms with Crippen molar-refractivity contribution in [1.82, 2.24) is 14.8 Å². The lowest BCUT2D eigenvalue weighted by Gasteiger charge is -2.29. The Morgan fingerprint density at radius 2 is 2.12 bits per heavy atom. The second-order valence-electron chi connectivity index (χ2n) is 4.10. The third-order valence-electron chi connectivity index (χ3n) is 2.91. The van der Waals surface area contributed by atoms with E-state index >= 15 is 0 Å². The highest BCUT2D eigenvalue weighted by Crippen LogP contribution is 2.23. The minimum absolute atomic E-state index is 0.313. The van der Waals surface area contributed by atoms with Crippen LogP contribution in [0.2, 0.25) is 0 Å². The predicted molar refractivity (Wildman–Crippen MR) is 61.9 cm³/mol. The molecule has 0 unspecified atom stereocenters. The molecule has 0 saturated carbocycles. The Bertz CT molecular complexity index is 530. The van der Waals surface area contributed by atoms with Gasteiger partial charge in [0.1, 0.15) is 12.1 Å². The lowest BCUT2D eigenvalue weighted by atomic mass is 10.2. The number of hydrogen-bond acceptors (Lipinski definition) is 4. The van der Waals surface area contributed by atoms with Crippen LogP contribution in [0.5, 0.6) is 0 Å². The highest BCUT2D eigenvalue weighted by Gasteiger charge is 2.18. The Morgan fingerprint density at radius 3 is 2.94 bits per heavy atom. The van der Waals surface area contributed by atoms with E-state index in [0.717, 1.165) is 24.6 Å². The number of nitrogen functional groups attached to an aromatic ring is 1. The zero-order valence-electron chi connectivity index (χ0n) is 9.17. The van der Waals surface area contributed by atoms with Gasteiger partial charge in [0.25, 0.3) is 0 Å². The largest absolute Gasteiger partial charge is 0.399 e. The predicted octanol–water partition coefficient (Wildman–Crippen LogP) is 1.02. The van der Waals surface area contributed by atoms with E-state index in [1.165, 1.54) is 12.1 Å². The second kappa shape index (κ2) is 3.73. The molecule has 88 valence electrons. The van der Waals surface area contributed by atoms with Gasteiger partial charge in [0.2, 0.25) is 0 Å². The van der Waals surface area contributed by atoms with Crippen molar-refractivity contribution in [2.75, 3.05) is 17.2 Å². The molecule has 1 aromatic heterocycles. The van der Waals surface area contributed by atoms with Gasteiger partial charge in [-0.2, -0.15) is 0 Å². The second-order valence-corrected chi connectivity index (χ2v) is 4.10. The summed E-state index contributed by atoms with van der Waals surface area (Å²) in [4.78, 5) is 2.05. The van der Waals surface area contributed by atoms with Gasteiger partial charge in [0.05, 0.1) is 6.54 Å². The lowest BCUT2D eigenvalue weighted by Crippen LogP contribution is -2.33. The minimum atomic E-state index is -0.313. The van der Waals surface area contributed by atoms with Crippen molar-refractivity contribution in [3.8, 4) is 0 Å². The van der Waals surface area contributed by atoms with Crippen molar-refractivity contribution in [3.05, 3.63) is 36.2 Å². The highest BCUT2D eigenvalue weighted by atomic mass is 19.1. The Morgan fingerprint density at radius 1 is 1.24 bits per heavy atom. The summed E-state index contributed by atoms with van der Waals surface area (Å²) >= 11 is 0. The van der Waals surface area contributed by atoms with Gasteiger partial charge in [-0.25, -0.2) is 4.39 Å². The van der Waals surface area contributed by atoms with Crippen LogP contribution >= 0.6 is 0 Å². The van der Waals surface area contributed by atoms with Gasteiger partial charge in [-0.15, -0.1) is 10.2 Å². The molecule has 1 aliphatic heterocycles. The van der Waals surface area contributed by atoms with Gasteiger partial charge < -0.3 is 15.2 Å². The molecule has 2 aromatic rings. The Hall–Kier alpha value is -2.11. The summed E-state index contributed by atoms with van der Waals surface area (Å²) in [6, 6.07) is 4.58. The van der Waals surface area contributed by atoms with Crippen LogP contribution in [0.4, 0.5) is 15.8 Å². The van der Waals surface area contributed by atoms with Crippen LogP contribution in [0.15, 0.2) is 24.5 Å². The maximum Gasteiger partial charge on any atom is 0.152 e. The van der Waals surface area contributed by atoms with Gasteiger partial charge in [0, 0.05) is 24.5 Å². The maximum absolute atomic E-state index is 13.3. The molecule has 17 heavy (non-hydrogen) atoms. The Balaban J connectivity index is 1.91. The van der Waals surface area contributed by atoms with Crippen LogP contribution in [0.3, 0.4) is 0 Å². The van der Waals surface area contributed by atoms with Crippen LogP contribution in [0, 0.1) is 5.82 Å². The van der Waals surface area contributed by atoms with E-state index in [9.17, 15) is 4.39 Å². The van der Waals surface area contributed by atoms with Crippen LogP contribution in [-0.4, -0.2) is 21.3 Å². The first-order valence-electron chi connectivity index (χ1n) is 5.40. The number of rotatable bonds is 1. The summed E-state index contributed by atoms with van der Waals surface area (Å²) < 4.78 is 15.3. The fourth-order valence-corrected chi connectivity index (χ4v) is 2.07. The van der Waals surface area contributed by atoms with E-state index < -0.39 is 0 Å². The quantitative estimate of drug-likeness (QED) is 0.747. The number of benzene rings is 1. The summed E-state index contributed by atoms with van der Waals surface area (Å²) in [5.41, 5.74) is 6.87. The van der Waals surface area contributed by atoms with Crippen molar-refractivity contribution in [1.29, 1.82) is 0 Å². The first-order valence-corrected chi connectivity index (χ1v) is 5.40. The molecule has 2 heterocycles. The molecule has 6 heteroatoms. The average molecular weight is 233 g/mol. The molecule has 3 rings (SSSR count). The fourth-order valence-electron chi connectivity index (χ4n) is 2.07. The van der Waals surface area contributed by atoms with Crippen LogP contribution < -0.4 is 10.6 Å². The minimum Gasteiger partial charge on any atom is -0.399 e. The molecule has 2 N–H and O–H groups in total. The van der Waals surface area contributed by atoms with Crippen molar-refractivity contribution in [3.63, 3.8) is 0 Å². The van der Waals surface area contributed by atoms with E-state index in [0.29, 0.717) is 12.2 Å². The molecule has 0 spiro atoms. The van der Waals surface area contributed by atoms with Crippen LogP contribution in [0.1, 0.15) is 5.82 Å². The van der Waals surface area contributed by atoms with Gasteiger partial charge in [-0.1, -0.05) is 0 Å².